The van der Waals surface area contributed by atoms with Gasteiger partial charge in [0.2, 0.25) is 0 Å². The highest BCUT2D eigenvalue weighted by Crippen LogP contribution is 2.50. The van der Waals surface area contributed by atoms with Crippen LogP contribution >= 0.6 is 23.2 Å². The summed E-state index contributed by atoms with van der Waals surface area (Å²) in [5.74, 6) is -0.830. The normalized spacial score (nSPS) is 22.9. The molecule has 3 nitrogen and oxygen atoms in total. The summed E-state index contributed by atoms with van der Waals surface area (Å²) >= 11 is 12.8. The van der Waals surface area contributed by atoms with Crippen molar-refractivity contribution in [3.63, 3.8) is 0 Å². The SMILES string of the molecule is CN1/C(=C/C=C2\CC(C(C)(C)C)CC(/C=C(\Cl)C(=O)O)=C2Cl)C(C)(C)c2c1ccc1ccccc21. The summed E-state index contributed by atoms with van der Waals surface area (Å²) in [6.07, 6.45) is 7.33. The Hall–Kier alpha value is -2.49. The highest BCUT2D eigenvalue weighted by molar-refractivity contribution is 6.41. The predicted octanol–water partition coefficient (Wildman–Crippen LogP) is 8.53. The average Bonchev–Trinajstić information content (AvgIpc) is 2.98. The predicted molar refractivity (Wildman–Crippen MR) is 148 cm³/mol. The number of allylic oxidation sites excluding steroid dienone is 7. The number of hydrogen-bond donors (Lipinski definition) is 1. The van der Waals surface area contributed by atoms with E-state index in [0.29, 0.717) is 17.4 Å². The Bertz CT molecular complexity index is 1320. The summed E-state index contributed by atoms with van der Waals surface area (Å²) in [6, 6.07) is 12.9. The van der Waals surface area contributed by atoms with Crippen LogP contribution in [-0.4, -0.2) is 18.1 Å². The summed E-state index contributed by atoms with van der Waals surface area (Å²) < 4.78 is 0. The molecule has 35 heavy (non-hydrogen) atoms. The molecule has 0 radical (unpaired) electrons. The number of nitrogens with zero attached hydrogens (tertiary/aromatic N) is 1. The van der Waals surface area contributed by atoms with Crippen LogP contribution in [0.15, 0.2) is 81.5 Å². The monoisotopic (exact) mass is 509 g/mol. The Kier molecular flexibility index (Phi) is 6.72. The van der Waals surface area contributed by atoms with Gasteiger partial charge in [0.05, 0.1) is 0 Å². The Morgan fingerprint density at radius 3 is 2.46 bits per heavy atom. The third kappa shape index (κ3) is 4.69. The van der Waals surface area contributed by atoms with Gasteiger partial charge in [0.15, 0.2) is 0 Å². The lowest BCUT2D eigenvalue weighted by Crippen LogP contribution is -2.25. The van der Waals surface area contributed by atoms with Crippen molar-refractivity contribution in [3.8, 4) is 0 Å². The van der Waals surface area contributed by atoms with E-state index < -0.39 is 5.97 Å². The lowest BCUT2D eigenvalue weighted by molar-refractivity contribution is -0.131. The van der Waals surface area contributed by atoms with E-state index in [1.807, 2.05) is 0 Å². The van der Waals surface area contributed by atoms with Crippen molar-refractivity contribution in [2.24, 2.45) is 11.3 Å². The quantitative estimate of drug-likeness (QED) is 0.421. The van der Waals surface area contributed by atoms with Gasteiger partial charge in [-0.05, 0) is 69.9 Å². The van der Waals surface area contributed by atoms with Crippen molar-refractivity contribution in [3.05, 3.63) is 87.1 Å². The molecule has 5 heteroatoms. The third-order valence-electron chi connectivity index (χ3n) is 7.56. The van der Waals surface area contributed by atoms with Crippen LogP contribution < -0.4 is 4.90 Å². The first kappa shape index (κ1) is 25.6. The Balaban J connectivity index is 1.82. The van der Waals surface area contributed by atoms with Gasteiger partial charge in [0, 0.05) is 28.9 Å². The highest BCUT2D eigenvalue weighted by Gasteiger charge is 2.39. The zero-order valence-corrected chi connectivity index (χ0v) is 22.8. The summed E-state index contributed by atoms with van der Waals surface area (Å²) in [6.45, 7) is 11.2. The van der Waals surface area contributed by atoms with Crippen LogP contribution in [0.5, 0.6) is 0 Å². The average molecular weight is 511 g/mol. The second-order valence-electron chi connectivity index (χ2n) is 11.2. The second kappa shape index (κ2) is 9.19. The number of likely N-dealkylation sites (N-methyl/N-ethyl adjacent to an activating group) is 1. The first-order valence-corrected chi connectivity index (χ1v) is 12.7. The lowest BCUT2D eigenvalue weighted by Gasteiger charge is -2.35. The molecule has 0 aromatic heterocycles. The molecule has 1 N–H and O–H groups in total. The number of benzene rings is 2. The molecule has 1 aliphatic carbocycles. The molecule has 0 saturated carbocycles. The molecule has 2 aromatic carbocycles. The number of hydrogen-bond acceptors (Lipinski definition) is 2. The van der Waals surface area contributed by atoms with E-state index in [0.717, 1.165) is 17.6 Å². The standard InChI is InChI=1S/C30H33Cl2NO2/c1-29(2,3)21-15-19(27(32)20(16-21)17-23(31)28(34)35)12-14-25-30(4,5)26-22-10-8-7-9-18(22)11-13-24(26)33(25)6/h7-14,17,21H,15-16H2,1-6H3,(H,34,35)/b19-12+,23-17-,25-14+. The molecular weight excluding hydrogens is 477 g/mol. The molecule has 184 valence electrons. The number of aliphatic carboxylic acids is 1. The van der Waals surface area contributed by atoms with Crippen LogP contribution in [0.1, 0.15) is 53.0 Å². The molecule has 0 bridgehead atoms. The minimum Gasteiger partial charge on any atom is -0.477 e. The number of carboxylic acids is 1. The van der Waals surface area contributed by atoms with Crippen molar-refractivity contribution in [1.29, 1.82) is 0 Å². The Morgan fingerprint density at radius 1 is 1.11 bits per heavy atom. The number of fused-ring (bicyclic) bond motifs is 3. The van der Waals surface area contributed by atoms with E-state index in [-0.39, 0.29) is 15.9 Å². The van der Waals surface area contributed by atoms with Gasteiger partial charge >= 0.3 is 5.97 Å². The van der Waals surface area contributed by atoms with E-state index in [2.05, 4.69) is 95.1 Å². The summed E-state index contributed by atoms with van der Waals surface area (Å²) in [5.41, 5.74) is 5.38. The molecule has 4 rings (SSSR count). The smallest absolute Gasteiger partial charge is 0.347 e. The zero-order valence-electron chi connectivity index (χ0n) is 21.2. The van der Waals surface area contributed by atoms with Crippen LogP contribution in [0, 0.1) is 11.3 Å². The van der Waals surface area contributed by atoms with Crippen LogP contribution in [0.4, 0.5) is 5.69 Å². The number of carbonyl (C=O) groups is 1. The number of anilines is 1. The largest absolute Gasteiger partial charge is 0.477 e. The molecule has 0 amide bonds. The minimum atomic E-state index is -1.14. The van der Waals surface area contributed by atoms with Gasteiger partial charge in [-0.15, -0.1) is 0 Å². The van der Waals surface area contributed by atoms with E-state index in [1.165, 1.54) is 33.8 Å². The van der Waals surface area contributed by atoms with Gasteiger partial charge in [0.25, 0.3) is 0 Å². The molecule has 1 unspecified atom stereocenters. The van der Waals surface area contributed by atoms with E-state index >= 15 is 0 Å². The molecule has 1 aliphatic heterocycles. The molecule has 1 atom stereocenters. The van der Waals surface area contributed by atoms with Crippen molar-refractivity contribution < 1.29 is 9.90 Å². The molecule has 0 saturated heterocycles. The number of carboxylic acid groups (broad SMARTS) is 1. The molecule has 0 fully saturated rings. The van der Waals surface area contributed by atoms with Crippen LogP contribution in [0.25, 0.3) is 10.8 Å². The maximum Gasteiger partial charge on any atom is 0.347 e. The van der Waals surface area contributed by atoms with Gasteiger partial charge in [-0.2, -0.15) is 0 Å². The fraction of sp³-hybridized carbons (Fsp3) is 0.367. The van der Waals surface area contributed by atoms with Crippen molar-refractivity contribution >= 4 is 45.6 Å². The van der Waals surface area contributed by atoms with Crippen LogP contribution in [0.3, 0.4) is 0 Å². The van der Waals surface area contributed by atoms with Crippen molar-refractivity contribution in [1.82, 2.24) is 0 Å². The molecule has 2 aromatic rings. The fourth-order valence-corrected chi connectivity index (χ4v) is 5.86. The Morgan fingerprint density at radius 2 is 1.80 bits per heavy atom. The van der Waals surface area contributed by atoms with Gasteiger partial charge in [-0.3, -0.25) is 0 Å². The molecule has 2 aliphatic rings. The van der Waals surface area contributed by atoms with Gasteiger partial charge in [-0.1, -0.05) is 94.2 Å². The van der Waals surface area contributed by atoms with Crippen molar-refractivity contribution in [2.45, 2.75) is 52.9 Å². The zero-order chi connectivity index (χ0) is 25.7. The third-order valence-corrected chi connectivity index (χ3v) is 8.32. The van der Waals surface area contributed by atoms with Crippen LogP contribution in [-0.2, 0) is 10.2 Å². The maximum absolute atomic E-state index is 11.4. The second-order valence-corrected chi connectivity index (χ2v) is 12.0. The van der Waals surface area contributed by atoms with Gasteiger partial charge in [0.1, 0.15) is 5.03 Å². The molecule has 1 heterocycles. The molecular formula is C30H33Cl2NO2. The Labute approximate surface area is 218 Å². The summed E-state index contributed by atoms with van der Waals surface area (Å²) in [5, 5.41) is 12.2. The topological polar surface area (TPSA) is 40.5 Å². The van der Waals surface area contributed by atoms with Gasteiger partial charge in [-0.25, -0.2) is 4.79 Å². The first-order chi connectivity index (χ1) is 16.3. The number of rotatable bonds is 3. The fourth-order valence-electron chi connectivity index (χ4n) is 5.45. The summed E-state index contributed by atoms with van der Waals surface area (Å²) in [4.78, 5) is 13.6. The minimum absolute atomic E-state index is 0.0389. The van der Waals surface area contributed by atoms with E-state index in [1.54, 1.807) is 0 Å². The van der Waals surface area contributed by atoms with Crippen LogP contribution in [0.2, 0.25) is 0 Å². The first-order valence-electron chi connectivity index (χ1n) is 12.0. The number of halogens is 2. The lowest BCUT2D eigenvalue weighted by atomic mass is 9.71. The van der Waals surface area contributed by atoms with Crippen molar-refractivity contribution in [2.75, 3.05) is 11.9 Å². The molecule has 0 spiro atoms. The summed E-state index contributed by atoms with van der Waals surface area (Å²) in [7, 11) is 2.11. The maximum atomic E-state index is 11.4. The van der Waals surface area contributed by atoms with E-state index in [4.69, 9.17) is 23.2 Å². The van der Waals surface area contributed by atoms with E-state index in [9.17, 15) is 9.90 Å². The highest BCUT2D eigenvalue weighted by atomic mass is 35.5. The van der Waals surface area contributed by atoms with Gasteiger partial charge < -0.3 is 10.0 Å².